The summed E-state index contributed by atoms with van der Waals surface area (Å²) in [6.07, 6.45) is -3.70. The van der Waals surface area contributed by atoms with Crippen molar-refractivity contribution in [2.75, 3.05) is 0 Å². The third-order valence-corrected chi connectivity index (χ3v) is 2.90. The number of halogens is 4. The molecule has 0 fully saturated rings. The summed E-state index contributed by atoms with van der Waals surface area (Å²) in [5.41, 5.74) is -1.03. The molecule has 0 atom stereocenters. The van der Waals surface area contributed by atoms with Gasteiger partial charge in [-0.1, -0.05) is 18.2 Å². The van der Waals surface area contributed by atoms with Crippen LogP contribution < -0.4 is 5.56 Å². The molecule has 0 aliphatic rings. The summed E-state index contributed by atoms with van der Waals surface area (Å²) in [5, 5.41) is 0. The number of pyridine rings is 1. The van der Waals surface area contributed by atoms with Gasteiger partial charge in [0.2, 0.25) is 0 Å². The Kier molecular flexibility index (Phi) is 3.30. The molecule has 0 spiro atoms. The molecule has 0 bridgehead atoms. The van der Waals surface area contributed by atoms with Gasteiger partial charge in [0.25, 0.3) is 5.56 Å². The first-order chi connectivity index (χ1) is 8.39. The minimum atomic E-state index is -4.49. The first-order valence-electron chi connectivity index (χ1n) is 4.94. The molecule has 0 radical (unpaired) electrons. The molecule has 2 rings (SSSR count). The van der Waals surface area contributed by atoms with Crippen LogP contribution >= 0.6 is 15.9 Å². The predicted octanol–water partition coefficient (Wildman–Crippen LogP) is 3.62. The van der Waals surface area contributed by atoms with Gasteiger partial charge in [-0.05, 0) is 34.1 Å². The Balaban J connectivity index is 2.68. The topological polar surface area (TPSA) is 22.0 Å². The van der Waals surface area contributed by atoms with E-state index in [9.17, 15) is 18.0 Å². The Labute approximate surface area is 109 Å². The number of para-hydroxylation sites is 1. The number of alkyl halides is 3. The molecule has 1 aromatic heterocycles. The lowest BCUT2D eigenvalue weighted by Crippen LogP contribution is -2.21. The molecule has 0 amide bonds. The Hall–Kier alpha value is -1.56. The van der Waals surface area contributed by atoms with Crippen LogP contribution in [0.1, 0.15) is 5.56 Å². The normalized spacial score (nSPS) is 11.6. The van der Waals surface area contributed by atoms with Gasteiger partial charge >= 0.3 is 6.18 Å². The van der Waals surface area contributed by atoms with Gasteiger partial charge in [-0.2, -0.15) is 13.2 Å². The van der Waals surface area contributed by atoms with Gasteiger partial charge in [0.1, 0.15) is 0 Å². The number of rotatable bonds is 1. The fourth-order valence-electron chi connectivity index (χ4n) is 1.48. The van der Waals surface area contributed by atoms with Crippen LogP contribution in [0.3, 0.4) is 0 Å². The number of hydrogen-bond acceptors (Lipinski definition) is 1. The van der Waals surface area contributed by atoms with Gasteiger partial charge in [0, 0.05) is 11.9 Å². The highest BCUT2D eigenvalue weighted by atomic mass is 79.9. The highest BCUT2D eigenvalue weighted by Crippen LogP contribution is 2.30. The molecular formula is C12H7BrF3NO. The van der Waals surface area contributed by atoms with Gasteiger partial charge in [-0.15, -0.1) is 0 Å². The lowest BCUT2D eigenvalue weighted by Gasteiger charge is -2.11. The molecule has 0 saturated carbocycles. The largest absolute Gasteiger partial charge is 0.417 e. The van der Waals surface area contributed by atoms with Crippen molar-refractivity contribution in [3.05, 3.63) is 63.0 Å². The molecule has 94 valence electrons. The molecule has 0 unspecified atom stereocenters. The molecule has 6 heteroatoms. The zero-order valence-corrected chi connectivity index (χ0v) is 10.5. The van der Waals surface area contributed by atoms with Crippen LogP contribution in [0, 0.1) is 0 Å². The maximum atomic E-state index is 12.7. The van der Waals surface area contributed by atoms with E-state index in [1.54, 1.807) is 30.3 Å². The van der Waals surface area contributed by atoms with Crippen molar-refractivity contribution in [2.24, 2.45) is 0 Å². The molecule has 1 aromatic carbocycles. The lowest BCUT2D eigenvalue weighted by molar-refractivity contribution is -0.138. The lowest BCUT2D eigenvalue weighted by atomic mass is 10.2. The summed E-state index contributed by atoms with van der Waals surface area (Å²) in [6, 6.07) is 8.92. The quantitative estimate of drug-likeness (QED) is 0.787. The van der Waals surface area contributed by atoms with Gasteiger partial charge in [-0.25, -0.2) is 0 Å². The Bertz CT molecular complexity index is 619. The Morgan fingerprint density at radius 3 is 2.28 bits per heavy atom. The van der Waals surface area contributed by atoms with E-state index in [2.05, 4.69) is 15.9 Å². The van der Waals surface area contributed by atoms with E-state index in [1.165, 1.54) is 0 Å². The average molecular weight is 318 g/mol. The second-order valence-electron chi connectivity index (χ2n) is 3.59. The molecule has 0 N–H and O–H groups in total. The van der Waals surface area contributed by atoms with Crippen molar-refractivity contribution in [1.29, 1.82) is 0 Å². The zero-order chi connectivity index (χ0) is 13.3. The average Bonchev–Trinajstić information content (AvgIpc) is 2.32. The van der Waals surface area contributed by atoms with Crippen LogP contribution in [0.4, 0.5) is 13.2 Å². The summed E-state index contributed by atoms with van der Waals surface area (Å²) in [7, 11) is 0. The number of aromatic nitrogens is 1. The first kappa shape index (κ1) is 12.9. The van der Waals surface area contributed by atoms with Crippen molar-refractivity contribution in [2.45, 2.75) is 6.18 Å². The third kappa shape index (κ3) is 2.48. The SMILES string of the molecule is O=c1c(Br)cc(C(F)(F)F)cn1-c1ccccc1. The summed E-state index contributed by atoms with van der Waals surface area (Å²) in [5.74, 6) is 0. The molecule has 18 heavy (non-hydrogen) atoms. The van der Waals surface area contributed by atoms with Gasteiger partial charge in [0.15, 0.2) is 0 Å². The van der Waals surface area contributed by atoms with Crippen LogP contribution in [0.5, 0.6) is 0 Å². The van der Waals surface area contributed by atoms with E-state index in [0.29, 0.717) is 5.69 Å². The van der Waals surface area contributed by atoms with Gasteiger partial charge < -0.3 is 0 Å². The van der Waals surface area contributed by atoms with Crippen LogP contribution in [0.15, 0.2) is 51.9 Å². The Morgan fingerprint density at radius 2 is 1.72 bits per heavy atom. The van der Waals surface area contributed by atoms with E-state index in [-0.39, 0.29) is 4.47 Å². The number of benzene rings is 1. The van der Waals surface area contributed by atoms with Crippen LogP contribution in [0.25, 0.3) is 5.69 Å². The number of nitrogens with zero attached hydrogens (tertiary/aromatic N) is 1. The predicted molar refractivity (Wildman–Crippen MR) is 64.7 cm³/mol. The highest BCUT2D eigenvalue weighted by molar-refractivity contribution is 9.10. The maximum Gasteiger partial charge on any atom is 0.417 e. The zero-order valence-electron chi connectivity index (χ0n) is 8.91. The molecule has 1 heterocycles. The maximum absolute atomic E-state index is 12.7. The van der Waals surface area contributed by atoms with Crippen molar-refractivity contribution >= 4 is 15.9 Å². The van der Waals surface area contributed by atoms with Crippen molar-refractivity contribution in [3.8, 4) is 5.69 Å². The van der Waals surface area contributed by atoms with Crippen molar-refractivity contribution < 1.29 is 13.2 Å². The van der Waals surface area contributed by atoms with Crippen LogP contribution in [-0.2, 0) is 6.18 Å². The van der Waals surface area contributed by atoms with Crippen molar-refractivity contribution in [1.82, 2.24) is 4.57 Å². The molecule has 0 aliphatic carbocycles. The monoisotopic (exact) mass is 317 g/mol. The van der Waals surface area contributed by atoms with Crippen LogP contribution in [0.2, 0.25) is 0 Å². The fourth-order valence-corrected chi connectivity index (χ4v) is 1.92. The molecular weight excluding hydrogens is 311 g/mol. The second kappa shape index (κ2) is 4.61. The smallest absolute Gasteiger partial charge is 0.283 e. The molecule has 2 nitrogen and oxygen atoms in total. The summed E-state index contributed by atoms with van der Waals surface area (Å²) < 4.78 is 38.8. The number of hydrogen-bond donors (Lipinski definition) is 0. The standard InChI is InChI=1S/C12H7BrF3NO/c13-10-6-8(12(14,15)16)7-17(11(10)18)9-4-2-1-3-5-9/h1-7H. The minimum Gasteiger partial charge on any atom is -0.283 e. The van der Waals surface area contributed by atoms with Gasteiger partial charge in [-0.3, -0.25) is 9.36 Å². The Morgan fingerprint density at radius 1 is 1.11 bits per heavy atom. The third-order valence-electron chi connectivity index (χ3n) is 2.34. The van der Waals surface area contributed by atoms with E-state index < -0.39 is 17.3 Å². The van der Waals surface area contributed by atoms with E-state index in [1.807, 2.05) is 0 Å². The summed E-state index contributed by atoms with van der Waals surface area (Å²) >= 11 is 2.85. The summed E-state index contributed by atoms with van der Waals surface area (Å²) in [6.45, 7) is 0. The highest BCUT2D eigenvalue weighted by Gasteiger charge is 2.32. The van der Waals surface area contributed by atoms with E-state index >= 15 is 0 Å². The van der Waals surface area contributed by atoms with E-state index in [0.717, 1.165) is 16.8 Å². The minimum absolute atomic E-state index is 0.124. The second-order valence-corrected chi connectivity index (χ2v) is 4.44. The van der Waals surface area contributed by atoms with Crippen LogP contribution in [-0.4, -0.2) is 4.57 Å². The molecule has 2 aromatic rings. The van der Waals surface area contributed by atoms with E-state index in [4.69, 9.17) is 0 Å². The fraction of sp³-hybridized carbons (Fsp3) is 0.0833. The molecule has 0 aliphatic heterocycles. The van der Waals surface area contributed by atoms with Gasteiger partial charge in [0.05, 0.1) is 10.0 Å². The summed E-state index contributed by atoms with van der Waals surface area (Å²) in [4.78, 5) is 11.8. The first-order valence-corrected chi connectivity index (χ1v) is 5.74. The van der Waals surface area contributed by atoms with Crippen molar-refractivity contribution in [3.63, 3.8) is 0 Å². The molecule has 0 saturated heterocycles.